The van der Waals surface area contributed by atoms with Gasteiger partial charge in [0.25, 0.3) is 0 Å². The summed E-state index contributed by atoms with van der Waals surface area (Å²) in [5.41, 5.74) is 3.72. The molecule has 1 aromatic heterocycles. The van der Waals surface area contributed by atoms with Gasteiger partial charge >= 0.3 is 6.18 Å². The van der Waals surface area contributed by atoms with Crippen molar-refractivity contribution in [3.63, 3.8) is 0 Å². The summed E-state index contributed by atoms with van der Waals surface area (Å²) < 4.78 is 41.9. The Hall–Kier alpha value is -3.56. The Balaban J connectivity index is 0.00000289. The molecule has 0 N–H and O–H groups in total. The molecule has 0 fully saturated rings. The van der Waals surface area contributed by atoms with Gasteiger partial charge in [-0.2, -0.15) is 18.4 Å². The minimum absolute atomic E-state index is 0. The molecule has 3 nitrogen and oxygen atoms in total. The van der Waals surface area contributed by atoms with Gasteiger partial charge in [-0.1, -0.05) is 54.6 Å². The molecule has 0 amide bonds. The Labute approximate surface area is 190 Å². The second kappa shape index (κ2) is 9.71. The first-order valence-corrected chi connectivity index (χ1v) is 9.67. The van der Waals surface area contributed by atoms with E-state index < -0.39 is 11.7 Å². The lowest BCUT2D eigenvalue weighted by atomic mass is 9.98. The van der Waals surface area contributed by atoms with E-state index in [1.807, 2.05) is 28.8 Å². The standard InChI is InChI=1S/C25H18F3N3.ClH/c26-25(27,28)24-4-2-1-3-23(24)21-11-9-20(10-12-21)16-31-17-30-15-22(31)13-18-5-7-19(14-29)8-6-18;/h1-12,15,17H,13,16H2;1H. The molecule has 0 aliphatic carbocycles. The van der Waals surface area contributed by atoms with E-state index in [0.717, 1.165) is 22.9 Å². The Kier molecular flexibility index (Phi) is 7.01. The third-order valence-corrected chi connectivity index (χ3v) is 5.12. The van der Waals surface area contributed by atoms with Crippen LogP contribution < -0.4 is 0 Å². The first-order valence-electron chi connectivity index (χ1n) is 9.67. The number of alkyl halides is 3. The van der Waals surface area contributed by atoms with E-state index in [1.54, 1.807) is 42.9 Å². The highest BCUT2D eigenvalue weighted by molar-refractivity contribution is 5.85. The maximum Gasteiger partial charge on any atom is 0.417 e. The molecule has 4 rings (SSSR count). The number of rotatable bonds is 5. The van der Waals surface area contributed by atoms with E-state index in [-0.39, 0.29) is 18.0 Å². The van der Waals surface area contributed by atoms with E-state index >= 15 is 0 Å². The SMILES string of the molecule is Cl.N#Cc1ccc(Cc2cncn2Cc2ccc(-c3ccccc3C(F)(F)F)cc2)cc1. The lowest BCUT2D eigenvalue weighted by Crippen LogP contribution is -2.07. The molecule has 162 valence electrons. The van der Waals surface area contributed by atoms with Crippen molar-refractivity contribution in [1.29, 1.82) is 5.26 Å². The summed E-state index contributed by atoms with van der Waals surface area (Å²) in [6.07, 6.45) is -0.187. The Morgan fingerprint density at radius 3 is 2.19 bits per heavy atom. The van der Waals surface area contributed by atoms with Crippen molar-refractivity contribution < 1.29 is 13.2 Å². The molecule has 0 aliphatic rings. The molecule has 0 spiro atoms. The zero-order valence-corrected chi connectivity index (χ0v) is 17.7. The molecule has 0 saturated carbocycles. The molecule has 0 aliphatic heterocycles. The zero-order chi connectivity index (χ0) is 21.8. The first kappa shape index (κ1) is 23.1. The Morgan fingerprint density at radius 1 is 0.875 bits per heavy atom. The highest BCUT2D eigenvalue weighted by Crippen LogP contribution is 2.36. The summed E-state index contributed by atoms with van der Waals surface area (Å²) in [7, 11) is 0. The molecular weight excluding hydrogens is 435 g/mol. The van der Waals surface area contributed by atoms with Crippen LogP contribution in [0.2, 0.25) is 0 Å². The molecular formula is C25H19ClF3N3. The van der Waals surface area contributed by atoms with Gasteiger partial charge in [0.15, 0.2) is 0 Å². The monoisotopic (exact) mass is 453 g/mol. The van der Waals surface area contributed by atoms with Gasteiger partial charge in [0.05, 0.1) is 23.5 Å². The summed E-state index contributed by atoms with van der Waals surface area (Å²) in [4.78, 5) is 4.24. The number of hydrogen-bond acceptors (Lipinski definition) is 2. The average molecular weight is 454 g/mol. The van der Waals surface area contributed by atoms with Crippen LogP contribution in [0.4, 0.5) is 13.2 Å². The molecule has 4 aromatic rings. The van der Waals surface area contributed by atoms with E-state index in [9.17, 15) is 13.2 Å². The van der Waals surface area contributed by atoms with Crippen LogP contribution in [-0.2, 0) is 19.1 Å². The predicted molar refractivity (Wildman–Crippen MR) is 119 cm³/mol. The van der Waals surface area contributed by atoms with Gasteiger partial charge in [0.2, 0.25) is 0 Å². The van der Waals surface area contributed by atoms with Crippen LogP contribution in [0.15, 0.2) is 85.3 Å². The van der Waals surface area contributed by atoms with E-state index in [2.05, 4.69) is 11.1 Å². The van der Waals surface area contributed by atoms with Gasteiger partial charge in [-0.25, -0.2) is 4.98 Å². The number of nitriles is 1. The fourth-order valence-electron chi connectivity index (χ4n) is 3.51. The first-order chi connectivity index (χ1) is 14.9. The second-order valence-electron chi connectivity index (χ2n) is 7.24. The van der Waals surface area contributed by atoms with Crippen molar-refractivity contribution in [2.75, 3.05) is 0 Å². The van der Waals surface area contributed by atoms with E-state index in [4.69, 9.17) is 5.26 Å². The normalized spacial score (nSPS) is 10.9. The summed E-state index contributed by atoms with van der Waals surface area (Å²) in [6.45, 7) is 0.562. The molecule has 0 unspecified atom stereocenters. The number of aromatic nitrogens is 2. The van der Waals surface area contributed by atoms with Gasteiger partial charge in [0, 0.05) is 24.9 Å². The smallest absolute Gasteiger partial charge is 0.330 e. The molecule has 0 radical (unpaired) electrons. The van der Waals surface area contributed by atoms with Gasteiger partial charge < -0.3 is 4.57 Å². The maximum atomic E-state index is 13.3. The zero-order valence-electron chi connectivity index (χ0n) is 16.9. The fourth-order valence-corrected chi connectivity index (χ4v) is 3.51. The van der Waals surface area contributed by atoms with Crippen LogP contribution in [-0.4, -0.2) is 9.55 Å². The van der Waals surface area contributed by atoms with Gasteiger partial charge in [-0.05, 0) is 40.5 Å². The molecule has 0 saturated heterocycles. The van der Waals surface area contributed by atoms with Crippen LogP contribution in [0, 0.1) is 11.3 Å². The van der Waals surface area contributed by atoms with Crippen LogP contribution in [0.25, 0.3) is 11.1 Å². The maximum absolute atomic E-state index is 13.3. The second-order valence-corrected chi connectivity index (χ2v) is 7.24. The third-order valence-electron chi connectivity index (χ3n) is 5.12. The van der Waals surface area contributed by atoms with Gasteiger partial charge in [-0.15, -0.1) is 12.4 Å². The highest BCUT2D eigenvalue weighted by atomic mass is 35.5. The largest absolute Gasteiger partial charge is 0.417 e. The topological polar surface area (TPSA) is 41.6 Å². The van der Waals surface area contributed by atoms with Crippen molar-refractivity contribution in [2.24, 2.45) is 0 Å². The van der Waals surface area contributed by atoms with Gasteiger partial charge in [-0.3, -0.25) is 0 Å². The molecule has 1 heterocycles. The van der Waals surface area contributed by atoms with E-state index in [0.29, 0.717) is 24.1 Å². The molecule has 7 heteroatoms. The predicted octanol–water partition coefficient (Wildman–Crippen LogP) is 6.50. The molecule has 0 atom stereocenters. The van der Waals surface area contributed by atoms with Crippen LogP contribution >= 0.6 is 12.4 Å². The Morgan fingerprint density at radius 2 is 1.53 bits per heavy atom. The number of halogens is 4. The molecule has 0 bridgehead atoms. The number of imidazole rings is 1. The Bertz CT molecular complexity index is 1220. The van der Waals surface area contributed by atoms with Gasteiger partial charge in [0.1, 0.15) is 0 Å². The highest BCUT2D eigenvalue weighted by Gasteiger charge is 2.33. The number of hydrogen-bond donors (Lipinski definition) is 0. The quantitative estimate of drug-likeness (QED) is 0.346. The van der Waals surface area contributed by atoms with Crippen LogP contribution in [0.3, 0.4) is 0 Å². The summed E-state index contributed by atoms with van der Waals surface area (Å²) >= 11 is 0. The van der Waals surface area contributed by atoms with Crippen molar-refractivity contribution in [2.45, 2.75) is 19.1 Å². The summed E-state index contributed by atoms with van der Waals surface area (Å²) in [5, 5.41) is 8.92. The van der Waals surface area contributed by atoms with Crippen molar-refractivity contribution >= 4 is 12.4 Å². The summed E-state index contributed by atoms with van der Waals surface area (Å²) in [6, 6.07) is 22.2. The van der Waals surface area contributed by atoms with E-state index in [1.165, 1.54) is 12.1 Å². The molecule has 3 aromatic carbocycles. The van der Waals surface area contributed by atoms with Crippen molar-refractivity contribution in [1.82, 2.24) is 9.55 Å². The number of nitrogens with zero attached hydrogens (tertiary/aromatic N) is 3. The lowest BCUT2D eigenvalue weighted by Gasteiger charge is -2.13. The summed E-state index contributed by atoms with van der Waals surface area (Å²) in [5.74, 6) is 0. The van der Waals surface area contributed by atoms with Crippen LogP contribution in [0.1, 0.15) is 27.9 Å². The third kappa shape index (κ3) is 5.19. The van der Waals surface area contributed by atoms with Crippen molar-refractivity contribution in [3.05, 3.63) is 113 Å². The van der Waals surface area contributed by atoms with Crippen LogP contribution in [0.5, 0.6) is 0 Å². The number of benzene rings is 3. The minimum atomic E-state index is -4.40. The average Bonchev–Trinajstić information content (AvgIpc) is 3.20. The van der Waals surface area contributed by atoms with Crippen molar-refractivity contribution in [3.8, 4) is 17.2 Å². The lowest BCUT2D eigenvalue weighted by molar-refractivity contribution is -0.137. The molecule has 32 heavy (non-hydrogen) atoms. The minimum Gasteiger partial charge on any atom is -0.330 e. The fraction of sp³-hybridized carbons (Fsp3) is 0.120.